The minimum Gasteiger partial charge on any atom is -0.309 e. The molecule has 1 unspecified atom stereocenters. The lowest BCUT2D eigenvalue weighted by molar-refractivity contribution is -0.116. The number of amides is 1. The number of tetrazole rings is 1. The Balaban J connectivity index is 1.51. The number of fused-ring (bicyclic) bond motifs is 1. The molecule has 2 aromatic carbocycles. The van der Waals surface area contributed by atoms with E-state index in [9.17, 15) is 4.79 Å². The van der Waals surface area contributed by atoms with Crippen LogP contribution in [0.1, 0.15) is 24.5 Å². The SMILES string of the molecule is Cc1ccc(-n2nnnc2SCC(=O)N2c3ccccc3CCC2C)cc1. The van der Waals surface area contributed by atoms with Crippen molar-refractivity contribution in [3.63, 3.8) is 0 Å². The maximum atomic E-state index is 13.0. The largest absolute Gasteiger partial charge is 0.309 e. The summed E-state index contributed by atoms with van der Waals surface area (Å²) in [4.78, 5) is 14.9. The predicted molar refractivity (Wildman–Crippen MR) is 106 cm³/mol. The van der Waals surface area contributed by atoms with Crippen molar-refractivity contribution in [1.29, 1.82) is 0 Å². The van der Waals surface area contributed by atoms with Crippen molar-refractivity contribution in [3.05, 3.63) is 59.7 Å². The molecule has 27 heavy (non-hydrogen) atoms. The zero-order valence-electron chi connectivity index (χ0n) is 15.4. The molecule has 0 spiro atoms. The molecule has 1 amide bonds. The second-order valence-corrected chi connectivity index (χ2v) is 7.72. The maximum Gasteiger partial charge on any atom is 0.237 e. The number of benzene rings is 2. The van der Waals surface area contributed by atoms with Gasteiger partial charge >= 0.3 is 0 Å². The number of aromatic nitrogens is 4. The smallest absolute Gasteiger partial charge is 0.237 e. The van der Waals surface area contributed by atoms with Crippen LogP contribution in [0.3, 0.4) is 0 Å². The second-order valence-electron chi connectivity index (χ2n) is 6.78. The molecule has 6 nitrogen and oxygen atoms in total. The molecule has 0 bridgehead atoms. The van der Waals surface area contributed by atoms with Crippen molar-refractivity contribution >= 4 is 23.4 Å². The molecule has 138 valence electrons. The molecule has 0 saturated carbocycles. The van der Waals surface area contributed by atoms with Crippen LogP contribution in [-0.4, -0.2) is 37.9 Å². The van der Waals surface area contributed by atoms with Gasteiger partial charge in [0.05, 0.1) is 11.4 Å². The first kappa shape index (κ1) is 17.7. The standard InChI is InChI=1S/C20H21N5OS/c1-14-7-11-17(12-8-14)25-20(21-22-23-25)27-13-19(26)24-15(2)9-10-16-5-3-4-6-18(16)24/h3-8,11-12,15H,9-10,13H2,1-2H3. The lowest BCUT2D eigenvalue weighted by Crippen LogP contribution is -2.43. The van der Waals surface area contributed by atoms with Gasteiger partial charge in [0.15, 0.2) is 0 Å². The molecule has 0 radical (unpaired) electrons. The fourth-order valence-corrected chi connectivity index (χ4v) is 4.13. The molecule has 0 aliphatic carbocycles. The minimum atomic E-state index is 0.0816. The first-order chi connectivity index (χ1) is 13.1. The van der Waals surface area contributed by atoms with Crippen molar-refractivity contribution in [2.45, 2.75) is 37.9 Å². The zero-order valence-corrected chi connectivity index (χ0v) is 16.2. The van der Waals surface area contributed by atoms with Gasteiger partial charge in [-0.05, 0) is 60.9 Å². The highest BCUT2D eigenvalue weighted by Crippen LogP contribution is 2.31. The van der Waals surface area contributed by atoms with Crippen LogP contribution < -0.4 is 4.90 Å². The molecule has 4 rings (SSSR count). The van der Waals surface area contributed by atoms with Gasteiger partial charge in [-0.25, -0.2) is 0 Å². The van der Waals surface area contributed by atoms with Crippen molar-refractivity contribution < 1.29 is 4.79 Å². The molecule has 1 aliphatic heterocycles. The number of para-hydroxylation sites is 1. The number of thioether (sulfide) groups is 1. The predicted octanol–water partition coefficient (Wildman–Crippen LogP) is 3.43. The highest BCUT2D eigenvalue weighted by molar-refractivity contribution is 7.99. The summed E-state index contributed by atoms with van der Waals surface area (Å²) in [5.74, 6) is 0.378. The van der Waals surface area contributed by atoms with Crippen LogP contribution in [0.25, 0.3) is 5.69 Å². The monoisotopic (exact) mass is 379 g/mol. The van der Waals surface area contributed by atoms with E-state index >= 15 is 0 Å². The lowest BCUT2D eigenvalue weighted by atomic mass is 9.97. The van der Waals surface area contributed by atoms with E-state index in [4.69, 9.17) is 0 Å². The van der Waals surface area contributed by atoms with E-state index in [1.165, 1.54) is 22.9 Å². The number of hydrogen-bond donors (Lipinski definition) is 0. The Morgan fingerprint density at radius 2 is 1.96 bits per heavy atom. The molecule has 0 N–H and O–H groups in total. The van der Waals surface area contributed by atoms with Crippen LogP contribution in [0.2, 0.25) is 0 Å². The van der Waals surface area contributed by atoms with Crippen molar-refractivity contribution in [2.24, 2.45) is 0 Å². The summed E-state index contributed by atoms with van der Waals surface area (Å²) in [6, 6.07) is 16.3. The highest BCUT2D eigenvalue weighted by atomic mass is 32.2. The van der Waals surface area contributed by atoms with E-state index < -0.39 is 0 Å². The number of anilines is 1. The molecular formula is C20H21N5OS. The molecular weight excluding hydrogens is 358 g/mol. The number of hydrogen-bond acceptors (Lipinski definition) is 5. The molecule has 0 saturated heterocycles. The van der Waals surface area contributed by atoms with Crippen molar-refractivity contribution in [1.82, 2.24) is 20.2 Å². The zero-order chi connectivity index (χ0) is 18.8. The topological polar surface area (TPSA) is 63.9 Å². The average Bonchev–Trinajstić information content (AvgIpc) is 3.15. The van der Waals surface area contributed by atoms with Crippen LogP contribution in [0.15, 0.2) is 53.7 Å². The third-order valence-electron chi connectivity index (χ3n) is 4.84. The maximum absolute atomic E-state index is 13.0. The molecule has 1 aromatic heterocycles. The number of carbonyl (C=O) groups excluding carboxylic acids is 1. The Kier molecular flexibility index (Phi) is 4.94. The van der Waals surface area contributed by atoms with Gasteiger partial charge < -0.3 is 4.90 Å². The summed E-state index contributed by atoms with van der Waals surface area (Å²) in [5, 5.41) is 12.6. The van der Waals surface area contributed by atoms with Crippen LogP contribution in [0.5, 0.6) is 0 Å². The summed E-state index contributed by atoms with van der Waals surface area (Å²) in [5.41, 5.74) is 4.32. The van der Waals surface area contributed by atoms with Crippen molar-refractivity contribution in [3.8, 4) is 5.69 Å². The molecule has 1 aliphatic rings. The Labute approximate surface area is 162 Å². The van der Waals surface area contributed by atoms with Crippen LogP contribution in [0.4, 0.5) is 5.69 Å². The van der Waals surface area contributed by atoms with E-state index in [0.29, 0.717) is 10.9 Å². The van der Waals surface area contributed by atoms with Gasteiger partial charge in [-0.3, -0.25) is 4.79 Å². The molecule has 2 heterocycles. The number of nitrogens with zero attached hydrogens (tertiary/aromatic N) is 5. The van der Waals surface area contributed by atoms with Gasteiger partial charge in [-0.2, -0.15) is 4.68 Å². The summed E-state index contributed by atoms with van der Waals surface area (Å²) in [6.07, 6.45) is 1.99. The number of aryl methyl sites for hydroxylation is 2. The van der Waals surface area contributed by atoms with Crippen molar-refractivity contribution in [2.75, 3.05) is 10.7 Å². The third kappa shape index (κ3) is 3.60. The summed E-state index contributed by atoms with van der Waals surface area (Å²) in [6.45, 7) is 4.14. The Morgan fingerprint density at radius 1 is 1.19 bits per heavy atom. The van der Waals surface area contributed by atoms with Gasteiger partial charge in [-0.15, -0.1) is 5.10 Å². The van der Waals surface area contributed by atoms with Gasteiger partial charge in [0.1, 0.15) is 0 Å². The fourth-order valence-electron chi connectivity index (χ4n) is 3.38. The van der Waals surface area contributed by atoms with Crippen LogP contribution in [-0.2, 0) is 11.2 Å². The van der Waals surface area contributed by atoms with E-state index in [-0.39, 0.29) is 11.9 Å². The average molecular weight is 379 g/mol. The number of rotatable bonds is 4. The van der Waals surface area contributed by atoms with Gasteiger partial charge in [-0.1, -0.05) is 47.7 Å². The Hall–Kier alpha value is -2.67. The van der Waals surface area contributed by atoms with Gasteiger partial charge in [0, 0.05) is 11.7 Å². The Morgan fingerprint density at radius 3 is 2.78 bits per heavy atom. The van der Waals surface area contributed by atoms with E-state index in [1.54, 1.807) is 4.68 Å². The summed E-state index contributed by atoms with van der Waals surface area (Å²) < 4.78 is 1.67. The second kappa shape index (κ2) is 7.52. The van der Waals surface area contributed by atoms with Gasteiger partial charge in [0.2, 0.25) is 11.1 Å². The van der Waals surface area contributed by atoms with E-state index in [0.717, 1.165) is 24.2 Å². The molecule has 0 fully saturated rings. The molecule has 3 aromatic rings. The van der Waals surface area contributed by atoms with Crippen LogP contribution >= 0.6 is 11.8 Å². The van der Waals surface area contributed by atoms with Crippen LogP contribution in [0, 0.1) is 6.92 Å². The van der Waals surface area contributed by atoms with E-state index in [2.05, 4.69) is 28.5 Å². The third-order valence-corrected chi connectivity index (χ3v) is 5.74. The Bertz CT molecular complexity index is 953. The minimum absolute atomic E-state index is 0.0816. The quantitative estimate of drug-likeness (QED) is 0.650. The first-order valence-corrected chi connectivity index (χ1v) is 10.0. The van der Waals surface area contributed by atoms with Gasteiger partial charge in [0.25, 0.3) is 0 Å². The first-order valence-electron chi connectivity index (χ1n) is 9.01. The lowest BCUT2D eigenvalue weighted by Gasteiger charge is -2.35. The summed E-state index contributed by atoms with van der Waals surface area (Å²) >= 11 is 1.37. The highest BCUT2D eigenvalue weighted by Gasteiger charge is 2.28. The van der Waals surface area contributed by atoms with E-state index in [1.807, 2.05) is 54.3 Å². The molecule has 1 atom stereocenters. The molecule has 7 heteroatoms. The number of carbonyl (C=O) groups is 1. The fraction of sp³-hybridized carbons (Fsp3) is 0.300. The normalized spacial score (nSPS) is 16.2. The summed E-state index contributed by atoms with van der Waals surface area (Å²) in [7, 11) is 0.